The van der Waals surface area contributed by atoms with Gasteiger partial charge in [-0.3, -0.25) is 9.98 Å². The topological polar surface area (TPSA) is 67.6 Å². The van der Waals surface area contributed by atoms with Crippen molar-refractivity contribution in [2.24, 2.45) is 10.9 Å². The molecule has 1 N–H and O–H groups in total. The molecule has 2 unspecified atom stereocenters. The minimum absolute atomic E-state index is 0.188. The predicted molar refractivity (Wildman–Crippen MR) is 99.9 cm³/mol. The molecule has 0 spiro atoms. The van der Waals surface area contributed by atoms with Crippen LogP contribution in [0.2, 0.25) is 0 Å². The summed E-state index contributed by atoms with van der Waals surface area (Å²) in [7, 11) is 0. The van der Waals surface area contributed by atoms with Gasteiger partial charge in [-0.1, -0.05) is 24.3 Å². The largest absolute Gasteiger partial charge is 0.493 e. The summed E-state index contributed by atoms with van der Waals surface area (Å²) in [6.45, 7) is 0.561. The third kappa shape index (κ3) is 2.68. The summed E-state index contributed by atoms with van der Waals surface area (Å²) in [5, 5.41) is 0. The van der Waals surface area contributed by atoms with E-state index in [1.165, 1.54) is 6.07 Å². The third-order valence-corrected chi connectivity index (χ3v) is 5.29. The maximum Gasteiger partial charge on any atom is 0.417 e. The number of para-hydroxylation sites is 1. The van der Waals surface area contributed by atoms with Crippen LogP contribution in [0.3, 0.4) is 0 Å². The highest BCUT2D eigenvalue weighted by Gasteiger charge is 2.37. The minimum Gasteiger partial charge on any atom is -0.493 e. The Kier molecular flexibility index (Phi) is 3.53. The monoisotopic (exact) mass is 364 g/mol. The zero-order chi connectivity index (χ0) is 18.4. The maximum absolute atomic E-state index is 14.9. The zero-order valence-electron chi connectivity index (χ0n) is 14.4. The van der Waals surface area contributed by atoms with Crippen molar-refractivity contribution in [1.82, 2.24) is 4.98 Å². The Labute approximate surface area is 154 Å². The molecule has 0 fully saturated rings. The zero-order valence-corrected chi connectivity index (χ0v) is 14.4. The molecule has 3 heterocycles. The van der Waals surface area contributed by atoms with E-state index in [1.807, 2.05) is 30.4 Å². The van der Waals surface area contributed by atoms with E-state index in [0.29, 0.717) is 29.7 Å². The van der Waals surface area contributed by atoms with Crippen LogP contribution in [0.1, 0.15) is 17.5 Å². The van der Waals surface area contributed by atoms with Gasteiger partial charge in [0.2, 0.25) is 0 Å². The molecule has 2 aliphatic rings. The van der Waals surface area contributed by atoms with E-state index in [9.17, 15) is 9.18 Å². The lowest BCUT2D eigenvalue weighted by Crippen LogP contribution is -2.30. The maximum atomic E-state index is 14.9. The molecule has 0 saturated carbocycles. The third-order valence-electron chi connectivity index (χ3n) is 5.29. The van der Waals surface area contributed by atoms with Crippen molar-refractivity contribution in [2.75, 3.05) is 6.61 Å². The first kappa shape index (κ1) is 16.1. The number of hydrogen-bond donors (Lipinski definition) is 1. The Morgan fingerprint density at radius 3 is 3.04 bits per heavy atom. The molecule has 3 aromatic rings. The van der Waals surface area contributed by atoms with E-state index < -0.39 is 17.1 Å². The normalized spacial score (nSPS) is 23.5. The van der Waals surface area contributed by atoms with Gasteiger partial charge in [0, 0.05) is 23.8 Å². The van der Waals surface area contributed by atoms with Crippen molar-refractivity contribution in [2.45, 2.75) is 18.4 Å². The number of aromatic amines is 1. The number of benzene rings is 2. The van der Waals surface area contributed by atoms with Crippen molar-refractivity contribution in [3.05, 3.63) is 76.0 Å². The highest BCUT2D eigenvalue weighted by atomic mass is 19.1. The number of aliphatic imine (C=N–C) groups is 1. The van der Waals surface area contributed by atoms with Gasteiger partial charge in [-0.2, -0.15) is 0 Å². The van der Waals surface area contributed by atoms with E-state index in [1.54, 1.807) is 12.3 Å². The van der Waals surface area contributed by atoms with Crippen LogP contribution in [0.4, 0.5) is 4.39 Å². The second-order valence-electron chi connectivity index (χ2n) is 7.10. The van der Waals surface area contributed by atoms with Gasteiger partial charge >= 0.3 is 5.76 Å². The van der Waals surface area contributed by atoms with Gasteiger partial charge < -0.3 is 9.15 Å². The van der Waals surface area contributed by atoms with Gasteiger partial charge in [0.25, 0.3) is 0 Å². The lowest BCUT2D eigenvalue weighted by molar-refractivity contribution is 0.195. The van der Waals surface area contributed by atoms with Crippen LogP contribution in [0, 0.1) is 11.7 Å². The molecule has 5 rings (SSSR count). The van der Waals surface area contributed by atoms with Gasteiger partial charge in [0.05, 0.1) is 12.1 Å². The molecule has 2 aliphatic heterocycles. The van der Waals surface area contributed by atoms with Crippen LogP contribution >= 0.6 is 0 Å². The molecule has 1 aromatic heterocycles. The van der Waals surface area contributed by atoms with Gasteiger partial charge in [-0.15, -0.1) is 0 Å². The second-order valence-corrected chi connectivity index (χ2v) is 7.10. The van der Waals surface area contributed by atoms with Crippen LogP contribution in [-0.2, 0) is 12.0 Å². The molecule has 0 amide bonds. The summed E-state index contributed by atoms with van der Waals surface area (Å²) < 4.78 is 25.9. The van der Waals surface area contributed by atoms with E-state index in [0.717, 1.165) is 17.7 Å². The lowest BCUT2D eigenvalue weighted by atomic mass is 9.79. The number of halogens is 1. The number of nitrogens with zero attached hydrogens (tertiary/aromatic N) is 1. The summed E-state index contributed by atoms with van der Waals surface area (Å²) in [5.41, 5.74) is 1.41. The summed E-state index contributed by atoms with van der Waals surface area (Å²) in [4.78, 5) is 18.5. The number of H-pyrrole nitrogens is 1. The van der Waals surface area contributed by atoms with Crippen molar-refractivity contribution in [3.63, 3.8) is 0 Å². The smallest absolute Gasteiger partial charge is 0.417 e. The van der Waals surface area contributed by atoms with Gasteiger partial charge in [-0.05, 0) is 36.6 Å². The van der Waals surface area contributed by atoms with Crippen LogP contribution in [-0.4, -0.2) is 17.8 Å². The Morgan fingerprint density at radius 2 is 2.19 bits per heavy atom. The van der Waals surface area contributed by atoms with Gasteiger partial charge in [0.1, 0.15) is 17.1 Å². The Balaban J connectivity index is 1.52. The second kappa shape index (κ2) is 5.94. The Bertz CT molecular complexity index is 1130. The first-order valence-corrected chi connectivity index (χ1v) is 8.90. The fourth-order valence-corrected chi connectivity index (χ4v) is 4.08. The molecule has 2 atom stereocenters. The number of nitrogens with one attached hydrogen (secondary N) is 1. The van der Waals surface area contributed by atoms with Crippen LogP contribution < -0.4 is 10.5 Å². The minimum atomic E-state index is -0.825. The fraction of sp³-hybridized carbons (Fsp3) is 0.238. The van der Waals surface area contributed by atoms with Crippen molar-refractivity contribution in [3.8, 4) is 5.75 Å². The number of aromatic nitrogens is 1. The van der Waals surface area contributed by atoms with Crippen LogP contribution in [0.5, 0.6) is 5.75 Å². The average Bonchev–Trinajstić information content (AvgIpc) is 3.27. The summed E-state index contributed by atoms with van der Waals surface area (Å²) >= 11 is 0. The molecular weight excluding hydrogens is 347 g/mol. The summed E-state index contributed by atoms with van der Waals surface area (Å²) in [5.74, 6) is 0.0850. The van der Waals surface area contributed by atoms with E-state index >= 15 is 0 Å². The molecule has 0 radical (unpaired) electrons. The standard InChI is InChI=1S/C21H17FN2O3/c22-16-10-17-19(27-20(25)24-17)9-15(16)21(6-3-7-23-21)11-13-8-14-4-1-2-5-18(14)26-12-13/h1-7,9-10,13H,8,11-12H2,(H,24,25). The SMILES string of the molecule is O=c1[nH]c2cc(F)c(C3(CC4COc5ccccc5C4)C=CC=N3)cc2o1. The van der Waals surface area contributed by atoms with Crippen molar-refractivity contribution in [1.29, 1.82) is 0 Å². The summed E-state index contributed by atoms with van der Waals surface area (Å²) in [6, 6.07) is 10.9. The fourth-order valence-electron chi connectivity index (χ4n) is 4.08. The highest BCUT2D eigenvalue weighted by molar-refractivity contribution is 5.78. The number of hydrogen-bond acceptors (Lipinski definition) is 4. The quantitative estimate of drug-likeness (QED) is 0.770. The molecule has 5 nitrogen and oxygen atoms in total. The first-order valence-electron chi connectivity index (χ1n) is 8.90. The average molecular weight is 364 g/mol. The number of allylic oxidation sites excluding steroid dienone is 1. The number of ether oxygens (including phenoxy) is 1. The highest BCUT2D eigenvalue weighted by Crippen LogP contribution is 2.41. The van der Waals surface area contributed by atoms with E-state index in [4.69, 9.17) is 9.15 Å². The number of rotatable bonds is 3. The molecule has 136 valence electrons. The molecule has 0 bridgehead atoms. The van der Waals surface area contributed by atoms with Gasteiger partial charge in [0.15, 0.2) is 5.58 Å². The van der Waals surface area contributed by atoms with E-state index in [2.05, 4.69) is 16.0 Å². The molecule has 0 saturated heterocycles. The Morgan fingerprint density at radius 1 is 1.30 bits per heavy atom. The number of fused-ring (bicyclic) bond motifs is 2. The Hall–Kier alpha value is -3.15. The summed E-state index contributed by atoms with van der Waals surface area (Å²) in [6.07, 6.45) is 6.88. The van der Waals surface area contributed by atoms with E-state index in [-0.39, 0.29) is 5.92 Å². The van der Waals surface area contributed by atoms with Crippen LogP contribution in [0.15, 0.2) is 62.8 Å². The van der Waals surface area contributed by atoms with Gasteiger partial charge in [-0.25, -0.2) is 9.18 Å². The lowest BCUT2D eigenvalue weighted by Gasteiger charge is -2.32. The first-order chi connectivity index (χ1) is 13.1. The molecule has 0 aliphatic carbocycles. The molecular formula is C21H17FN2O3. The predicted octanol–water partition coefficient (Wildman–Crippen LogP) is 3.74. The van der Waals surface area contributed by atoms with Crippen LogP contribution in [0.25, 0.3) is 11.1 Å². The molecule has 27 heavy (non-hydrogen) atoms. The molecule has 6 heteroatoms. The van der Waals surface area contributed by atoms with Crippen molar-refractivity contribution >= 4 is 17.3 Å². The van der Waals surface area contributed by atoms with Crippen molar-refractivity contribution < 1.29 is 13.5 Å². The number of oxazole rings is 1. The molecule has 2 aromatic carbocycles.